The van der Waals surface area contributed by atoms with E-state index in [-0.39, 0.29) is 11.5 Å². The molecule has 1 N–H and O–H groups in total. The average molecular weight is 286 g/mol. The molecule has 0 aromatic heterocycles. The molecule has 2 rings (SSSR count). The van der Waals surface area contributed by atoms with E-state index in [9.17, 15) is 14.9 Å². The fourth-order valence-corrected chi connectivity index (χ4v) is 2.79. The van der Waals surface area contributed by atoms with Gasteiger partial charge < -0.3 is 10.0 Å². The molecule has 1 aromatic carbocycles. The fourth-order valence-electron chi connectivity index (χ4n) is 2.79. The molecule has 0 aliphatic heterocycles. The van der Waals surface area contributed by atoms with Crippen LogP contribution in [0.15, 0.2) is 24.3 Å². The molecule has 1 aromatic rings. The molecule has 1 aliphatic carbocycles. The third-order valence-electron chi connectivity index (χ3n) is 4.14. The Kier molecular flexibility index (Phi) is 4.27. The van der Waals surface area contributed by atoms with Crippen LogP contribution in [0.4, 0.5) is 5.69 Å². The molecule has 0 atom stereocenters. The van der Waals surface area contributed by atoms with Crippen LogP contribution < -0.4 is 4.90 Å². The molecular formula is C16H18N2O3. The Morgan fingerprint density at radius 3 is 2.24 bits per heavy atom. The summed E-state index contributed by atoms with van der Waals surface area (Å²) in [4.78, 5) is 25.0. The molecular weight excluding hydrogens is 268 g/mol. The van der Waals surface area contributed by atoms with Crippen LogP contribution in [-0.4, -0.2) is 24.0 Å². The minimum absolute atomic E-state index is 0.173. The number of hydrogen-bond acceptors (Lipinski definition) is 3. The van der Waals surface area contributed by atoms with Crippen LogP contribution in [0, 0.1) is 16.7 Å². The van der Waals surface area contributed by atoms with E-state index < -0.39 is 11.4 Å². The molecule has 1 fully saturated rings. The third-order valence-corrected chi connectivity index (χ3v) is 4.14. The normalized spacial score (nSPS) is 16.8. The molecule has 5 heteroatoms. The van der Waals surface area contributed by atoms with Gasteiger partial charge in [-0.25, -0.2) is 4.79 Å². The summed E-state index contributed by atoms with van der Waals surface area (Å²) in [6.07, 6.45) is 4.05. The van der Waals surface area contributed by atoms with E-state index in [4.69, 9.17) is 5.11 Å². The first-order chi connectivity index (χ1) is 10.00. The van der Waals surface area contributed by atoms with Crippen molar-refractivity contribution in [1.29, 1.82) is 5.26 Å². The topological polar surface area (TPSA) is 81.4 Å². The lowest BCUT2D eigenvalue weighted by atomic mass is 9.74. The lowest BCUT2D eigenvalue weighted by Gasteiger charge is -2.33. The maximum absolute atomic E-state index is 12.7. The average Bonchev–Trinajstić information content (AvgIpc) is 2.54. The molecule has 0 radical (unpaired) electrons. The van der Waals surface area contributed by atoms with Crippen LogP contribution in [0.3, 0.4) is 0 Å². The number of benzene rings is 1. The van der Waals surface area contributed by atoms with Crippen molar-refractivity contribution < 1.29 is 14.7 Å². The van der Waals surface area contributed by atoms with Gasteiger partial charge >= 0.3 is 5.97 Å². The summed E-state index contributed by atoms with van der Waals surface area (Å²) in [7, 11) is 1.63. The van der Waals surface area contributed by atoms with Gasteiger partial charge in [0.1, 0.15) is 5.41 Å². The van der Waals surface area contributed by atoms with Crippen molar-refractivity contribution in [3.63, 3.8) is 0 Å². The Balaban J connectivity index is 2.22. The lowest BCUT2D eigenvalue weighted by Crippen LogP contribution is -2.42. The van der Waals surface area contributed by atoms with Crippen LogP contribution >= 0.6 is 0 Å². The number of carbonyl (C=O) groups is 2. The summed E-state index contributed by atoms with van der Waals surface area (Å²) in [5, 5.41) is 18.3. The van der Waals surface area contributed by atoms with E-state index in [1.807, 2.05) is 0 Å². The maximum Gasteiger partial charge on any atom is 0.335 e. The summed E-state index contributed by atoms with van der Waals surface area (Å²) in [6, 6.07) is 8.32. The predicted octanol–water partition coefficient (Wildman–Crippen LogP) is 2.82. The van der Waals surface area contributed by atoms with Gasteiger partial charge in [0.05, 0.1) is 11.6 Å². The second-order valence-corrected chi connectivity index (χ2v) is 5.47. The number of nitrogens with zero attached hydrogens (tertiary/aromatic N) is 2. The Labute approximate surface area is 123 Å². The van der Waals surface area contributed by atoms with Crippen molar-refractivity contribution in [3.8, 4) is 6.07 Å². The predicted molar refractivity (Wildman–Crippen MR) is 77.9 cm³/mol. The van der Waals surface area contributed by atoms with E-state index in [1.165, 1.54) is 17.0 Å². The molecule has 21 heavy (non-hydrogen) atoms. The number of nitriles is 1. The van der Waals surface area contributed by atoms with Gasteiger partial charge in [0, 0.05) is 12.7 Å². The van der Waals surface area contributed by atoms with E-state index in [0.717, 1.165) is 19.3 Å². The van der Waals surface area contributed by atoms with Gasteiger partial charge in [-0.2, -0.15) is 5.26 Å². The van der Waals surface area contributed by atoms with Gasteiger partial charge in [-0.15, -0.1) is 0 Å². The first kappa shape index (κ1) is 15.0. The Hall–Kier alpha value is -2.35. The second-order valence-electron chi connectivity index (χ2n) is 5.47. The minimum atomic E-state index is -1.00. The monoisotopic (exact) mass is 286 g/mol. The Bertz CT molecular complexity index is 581. The molecule has 0 heterocycles. The van der Waals surface area contributed by atoms with Gasteiger partial charge in [0.25, 0.3) is 0 Å². The van der Waals surface area contributed by atoms with Crippen LogP contribution in [0.25, 0.3) is 0 Å². The van der Waals surface area contributed by atoms with Crippen molar-refractivity contribution >= 4 is 17.6 Å². The number of aromatic carboxylic acids is 1. The van der Waals surface area contributed by atoms with Crippen LogP contribution in [-0.2, 0) is 4.79 Å². The molecule has 0 unspecified atom stereocenters. The van der Waals surface area contributed by atoms with E-state index in [0.29, 0.717) is 18.5 Å². The molecule has 0 saturated heterocycles. The Morgan fingerprint density at radius 1 is 1.19 bits per heavy atom. The molecule has 1 aliphatic rings. The van der Waals surface area contributed by atoms with Crippen molar-refractivity contribution in [1.82, 2.24) is 0 Å². The van der Waals surface area contributed by atoms with Gasteiger partial charge in [0.15, 0.2) is 0 Å². The number of rotatable bonds is 3. The van der Waals surface area contributed by atoms with Crippen LogP contribution in [0.5, 0.6) is 0 Å². The van der Waals surface area contributed by atoms with Crippen molar-refractivity contribution in [2.75, 3.05) is 11.9 Å². The summed E-state index contributed by atoms with van der Waals surface area (Å²) in [6.45, 7) is 0. The van der Waals surface area contributed by atoms with Crippen LogP contribution in [0.2, 0.25) is 0 Å². The zero-order valence-electron chi connectivity index (χ0n) is 12.0. The number of carboxylic acids is 1. The minimum Gasteiger partial charge on any atom is -0.478 e. The zero-order chi connectivity index (χ0) is 15.5. The number of carboxylic acid groups (broad SMARTS) is 1. The highest BCUT2D eigenvalue weighted by molar-refractivity contribution is 5.99. The van der Waals surface area contributed by atoms with Gasteiger partial charge in [-0.3, -0.25) is 4.79 Å². The number of carbonyl (C=O) groups excluding carboxylic acids is 1. The number of amides is 1. The highest BCUT2D eigenvalue weighted by atomic mass is 16.4. The molecule has 1 amide bonds. The highest BCUT2D eigenvalue weighted by Gasteiger charge is 2.41. The van der Waals surface area contributed by atoms with E-state index in [2.05, 4.69) is 6.07 Å². The summed E-state index contributed by atoms with van der Waals surface area (Å²) in [5.41, 5.74) is -0.157. The smallest absolute Gasteiger partial charge is 0.335 e. The first-order valence-electron chi connectivity index (χ1n) is 7.03. The first-order valence-corrected chi connectivity index (χ1v) is 7.03. The quantitative estimate of drug-likeness (QED) is 0.926. The van der Waals surface area contributed by atoms with Crippen LogP contribution in [0.1, 0.15) is 42.5 Å². The standard InChI is InChI=1S/C16H18N2O3/c1-18(13-7-5-12(6-8-13)14(19)20)15(21)16(11-17)9-3-2-4-10-16/h5-8H,2-4,9-10H2,1H3,(H,19,20). The van der Waals surface area contributed by atoms with E-state index in [1.54, 1.807) is 19.2 Å². The molecule has 0 spiro atoms. The second kappa shape index (κ2) is 5.96. The summed E-state index contributed by atoms with van der Waals surface area (Å²) < 4.78 is 0. The number of hydrogen-bond donors (Lipinski definition) is 1. The largest absolute Gasteiger partial charge is 0.478 e. The molecule has 1 saturated carbocycles. The Morgan fingerprint density at radius 2 is 1.76 bits per heavy atom. The zero-order valence-corrected chi connectivity index (χ0v) is 12.0. The SMILES string of the molecule is CN(C(=O)C1(C#N)CCCCC1)c1ccc(C(=O)O)cc1. The van der Waals surface area contributed by atoms with Crippen molar-refractivity contribution in [2.24, 2.45) is 5.41 Å². The molecule has 0 bridgehead atoms. The maximum atomic E-state index is 12.7. The summed E-state index contributed by atoms with van der Waals surface area (Å²) >= 11 is 0. The lowest BCUT2D eigenvalue weighted by molar-refractivity contribution is -0.126. The molecule has 5 nitrogen and oxygen atoms in total. The third kappa shape index (κ3) is 2.89. The number of anilines is 1. The van der Waals surface area contributed by atoms with Gasteiger partial charge in [-0.05, 0) is 37.1 Å². The van der Waals surface area contributed by atoms with Gasteiger partial charge in [-0.1, -0.05) is 19.3 Å². The fraction of sp³-hybridized carbons (Fsp3) is 0.438. The van der Waals surface area contributed by atoms with E-state index >= 15 is 0 Å². The molecule has 110 valence electrons. The highest BCUT2D eigenvalue weighted by Crippen LogP contribution is 2.38. The van der Waals surface area contributed by atoms with Crippen molar-refractivity contribution in [3.05, 3.63) is 29.8 Å². The van der Waals surface area contributed by atoms with Gasteiger partial charge in [0.2, 0.25) is 5.91 Å². The summed E-state index contributed by atoms with van der Waals surface area (Å²) in [5.74, 6) is -1.20. The van der Waals surface area contributed by atoms with Crippen molar-refractivity contribution in [2.45, 2.75) is 32.1 Å².